The highest BCUT2D eigenvalue weighted by Crippen LogP contribution is 2.20. The summed E-state index contributed by atoms with van der Waals surface area (Å²) in [6, 6.07) is 7.48. The third-order valence-corrected chi connectivity index (χ3v) is 5.83. The van der Waals surface area contributed by atoms with Gasteiger partial charge in [0.25, 0.3) is 0 Å². The number of carbonyl (C=O) groups is 1. The fourth-order valence-corrected chi connectivity index (χ4v) is 3.89. The summed E-state index contributed by atoms with van der Waals surface area (Å²) in [6.45, 7) is 0. The molecule has 0 radical (unpaired) electrons. The molecule has 0 spiro atoms. The Hall–Kier alpha value is -4.03. The van der Waals surface area contributed by atoms with Crippen molar-refractivity contribution in [2.45, 2.75) is 5.33 Å². The molecule has 1 aromatic carbocycles. The van der Waals surface area contributed by atoms with Gasteiger partial charge in [-0.2, -0.15) is 0 Å². The van der Waals surface area contributed by atoms with Gasteiger partial charge in [-0.05, 0) is 78.5 Å². The van der Waals surface area contributed by atoms with Gasteiger partial charge in [-0.25, -0.2) is 20.0 Å². The number of aliphatic imine (C=N–C) groups is 4. The molecular formula is C28H19BrN4O. The van der Waals surface area contributed by atoms with Crippen molar-refractivity contribution in [3.63, 3.8) is 0 Å². The summed E-state index contributed by atoms with van der Waals surface area (Å²) in [7, 11) is 0. The average Bonchev–Trinajstić information content (AvgIpc) is 3.66. The van der Waals surface area contributed by atoms with Crippen LogP contribution in [0.5, 0.6) is 0 Å². The van der Waals surface area contributed by atoms with E-state index in [0.717, 1.165) is 62.8 Å². The smallest absolute Gasteiger partial charge is 0.150 e. The van der Waals surface area contributed by atoms with Crippen molar-refractivity contribution in [3.05, 3.63) is 131 Å². The fourth-order valence-electron chi connectivity index (χ4n) is 3.51. The van der Waals surface area contributed by atoms with E-state index in [4.69, 9.17) is 0 Å². The number of allylic oxidation sites excluding steroid dienone is 12. The van der Waals surface area contributed by atoms with E-state index >= 15 is 0 Å². The summed E-state index contributed by atoms with van der Waals surface area (Å²) in [6.07, 6.45) is 24.7. The first-order chi connectivity index (χ1) is 16.7. The maximum Gasteiger partial charge on any atom is 0.150 e. The topological polar surface area (TPSA) is 66.5 Å². The zero-order chi connectivity index (χ0) is 23.3. The average molecular weight is 507 g/mol. The van der Waals surface area contributed by atoms with Gasteiger partial charge in [0, 0.05) is 10.9 Å². The Morgan fingerprint density at radius 1 is 0.559 bits per heavy atom. The van der Waals surface area contributed by atoms with Crippen LogP contribution >= 0.6 is 15.9 Å². The number of hydrogen-bond donors (Lipinski definition) is 0. The van der Waals surface area contributed by atoms with Crippen LogP contribution in [0.1, 0.15) is 15.9 Å². The minimum Gasteiger partial charge on any atom is -0.298 e. The zero-order valence-electron chi connectivity index (χ0n) is 18.1. The first kappa shape index (κ1) is 21.8. The molecule has 6 heteroatoms. The third kappa shape index (κ3) is 5.30. The predicted octanol–water partition coefficient (Wildman–Crippen LogP) is 5.97. The second kappa shape index (κ2) is 9.85. The van der Waals surface area contributed by atoms with Crippen LogP contribution < -0.4 is 0 Å². The summed E-state index contributed by atoms with van der Waals surface area (Å²) in [5, 5.41) is 0.839. The second-order valence-electron chi connectivity index (χ2n) is 7.75. The number of carbonyl (C=O) groups excluding carboxylic acids is 1. The Morgan fingerprint density at radius 3 is 1.21 bits per heavy atom. The van der Waals surface area contributed by atoms with E-state index in [1.165, 1.54) is 5.56 Å². The molecule has 6 rings (SSSR count). The Kier molecular flexibility index (Phi) is 6.31. The minimum absolute atomic E-state index is 0.727. The summed E-state index contributed by atoms with van der Waals surface area (Å²) >= 11 is 3.32. The lowest BCUT2D eigenvalue weighted by molar-refractivity contribution is 0.112. The summed E-state index contributed by atoms with van der Waals surface area (Å²) in [4.78, 5) is 28.6. The molecule has 0 aliphatic carbocycles. The Morgan fingerprint density at radius 2 is 0.912 bits per heavy atom. The van der Waals surface area contributed by atoms with E-state index in [1.807, 2.05) is 97.2 Å². The molecule has 34 heavy (non-hydrogen) atoms. The van der Waals surface area contributed by atoms with E-state index < -0.39 is 0 Å². The lowest BCUT2D eigenvalue weighted by atomic mass is 10.2. The molecule has 0 fully saturated rings. The molecule has 1 aromatic rings. The molecule has 5 nitrogen and oxygen atoms in total. The van der Waals surface area contributed by atoms with E-state index in [-0.39, 0.29) is 0 Å². The summed E-state index contributed by atoms with van der Waals surface area (Å²) in [5.41, 5.74) is 9.06. The quantitative estimate of drug-likeness (QED) is 0.359. The van der Waals surface area contributed by atoms with Crippen LogP contribution in [0.25, 0.3) is 0 Å². The van der Waals surface area contributed by atoms with Gasteiger partial charge in [0.05, 0.1) is 45.6 Å². The molecule has 0 amide bonds. The Balaban J connectivity index is 0.000000204. The van der Waals surface area contributed by atoms with E-state index in [9.17, 15) is 4.79 Å². The predicted molar refractivity (Wildman–Crippen MR) is 143 cm³/mol. The van der Waals surface area contributed by atoms with Gasteiger partial charge in [-0.3, -0.25) is 4.79 Å². The van der Waals surface area contributed by atoms with Crippen LogP contribution in [0, 0.1) is 0 Å². The van der Waals surface area contributed by atoms with Gasteiger partial charge >= 0.3 is 0 Å². The highest BCUT2D eigenvalue weighted by atomic mass is 79.9. The lowest BCUT2D eigenvalue weighted by Gasteiger charge is -1.94. The number of alkyl halides is 1. The van der Waals surface area contributed by atoms with Crippen molar-refractivity contribution >= 4 is 45.1 Å². The number of nitrogens with zero attached hydrogens (tertiary/aromatic N) is 4. The second-order valence-corrected chi connectivity index (χ2v) is 8.31. The van der Waals surface area contributed by atoms with Crippen molar-refractivity contribution in [1.29, 1.82) is 0 Å². The maximum atomic E-state index is 10.2. The summed E-state index contributed by atoms with van der Waals surface area (Å²) in [5.74, 6) is 0. The van der Waals surface area contributed by atoms with E-state index in [2.05, 4.69) is 35.9 Å². The molecular weight excluding hydrogens is 488 g/mol. The van der Waals surface area contributed by atoms with Crippen LogP contribution in [0.4, 0.5) is 0 Å². The largest absolute Gasteiger partial charge is 0.298 e. The number of hydrogen-bond acceptors (Lipinski definition) is 5. The van der Waals surface area contributed by atoms with Crippen molar-refractivity contribution in [1.82, 2.24) is 0 Å². The molecule has 5 aliphatic heterocycles. The Labute approximate surface area is 206 Å². The number of halogens is 1. The molecule has 8 bridgehead atoms. The van der Waals surface area contributed by atoms with E-state index in [0.29, 0.717) is 0 Å². The molecule has 0 N–H and O–H groups in total. The van der Waals surface area contributed by atoms with Gasteiger partial charge in [0.1, 0.15) is 6.29 Å². The SMILES string of the molecule is C1=CC2=NC1=CC1=NC(=CC3=NC(=CC4=NC(=C2)C=C4)C=C3)C=C1.O=Cc1ccc(CBr)cc1. The molecule has 0 saturated carbocycles. The first-order valence-electron chi connectivity index (χ1n) is 10.7. The zero-order valence-corrected chi connectivity index (χ0v) is 19.7. The standard InChI is InChI=1S/C20H12N4.C8H7BrO/c1-2-14-10-16-5-6-18(23-16)12-20-8-7-19(24-20)11-17-4-3-15(22-17)9-13(1)21-14;9-5-7-1-3-8(6-10)4-2-7/h1-12H;1-4,6H,5H2. The van der Waals surface area contributed by atoms with Gasteiger partial charge in [-0.15, -0.1) is 0 Å². The van der Waals surface area contributed by atoms with Gasteiger partial charge in [0.2, 0.25) is 0 Å². The highest BCUT2D eigenvalue weighted by molar-refractivity contribution is 9.08. The summed E-state index contributed by atoms with van der Waals surface area (Å²) < 4.78 is 0. The van der Waals surface area contributed by atoms with Crippen LogP contribution in [-0.2, 0) is 5.33 Å². The number of aldehydes is 1. The van der Waals surface area contributed by atoms with Crippen molar-refractivity contribution in [2.75, 3.05) is 0 Å². The number of fused-ring (bicyclic) bond motifs is 4. The molecule has 164 valence electrons. The van der Waals surface area contributed by atoms with Gasteiger partial charge < -0.3 is 0 Å². The molecule has 5 aliphatic rings. The van der Waals surface area contributed by atoms with Gasteiger partial charge in [-0.1, -0.05) is 40.2 Å². The molecule has 5 heterocycles. The third-order valence-electron chi connectivity index (χ3n) is 5.19. The Bertz CT molecular complexity index is 1230. The van der Waals surface area contributed by atoms with Crippen LogP contribution in [0.15, 0.2) is 140 Å². The number of rotatable bonds is 2. The van der Waals surface area contributed by atoms with E-state index in [1.54, 1.807) is 0 Å². The number of benzene rings is 1. The van der Waals surface area contributed by atoms with Crippen molar-refractivity contribution in [2.24, 2.45) is 20.0 Å². The lowest BCUT2D eigenvalue weighted by Crippen LogP contribution is -1.89. The molecule has 0 aromatic heterocycles. The van der Waals surface area contributed by atoms with Crippen molar-refractivity contribution < 1.29 is 4.79 Å². The van der Waals surface area contributed by atoms with Crippen molar-refractivity contribution in [3.8, 4) is 0 Å². The maximum absolute atomic E-state index is 10.2. The fraction of sp³-hybridized carbons (Fsp3) is 0.0357. The first-order valence-corrected chi connectivity index (χ1v) is 11.8. The highest BCUT2D eigenvalue weighted by Gasteiger charge is 2.11. The minimum atomic E-state index is 0.727. The molecule has 0 unspecified atom stereocenters. The van der Waals surface area contributed by atoms with Crippen LogP contribution in [0.2, 0.25) is 0 Å². The molecule has 0 saturated heterocycles. The molecule has 0 atom stereocenters. The normalized spacial score (nSPS) is 18.7. The van der Waals surface area contributed by atoms with Crippen LogP contribution in [-0.4, -0.2) is 29.1 Å². The monoisotopic (exact) mass is 506 g/mol. The van der Waals surface area contributed by atoms with Crippen LogP contribution in [0.3, 0.4) is 0 Å². The van der Waals surface area contributed by atoms with Gasteiger partial charge in [0.15, 0.2) is 0 Å².